The van der Waals surface area contributed by atoms with Crippen LogP contribution < -0.4 is 19.8 Å². The topological polar surface area (TPSA) is 55.4 Å². The van der Waals surface area contributed by atoms with Crippen molar-refractivity contribution in [1.29, 1.82) is 0 Å². The third kappa shape index (κ3) is 58.7. The van der Waals surface area contributed by atoms with Crippen LogP contribution in [0.3, 0.4) is 0 Å². The van der Waals surface area contributed by atoms with E-state index in [9.17, 15) is 0 Å². The van der Waals surface area contributed by atoms with Gasteiger partial charge in [0.05, 0.1) is 0 Å². The Kier molecular flexibility index (Phi) is 56.3. The Hall–Kier alpha value is 6.33. The van der Waals surface area contributed by atoms with E-state index in [4.69, 9.17) is 49.8 Å². The minimum atomic E-state index is -1.98. The summed E-state index contributed by atoms with van der Waals surface area (Å²) in [6, 6.07) is 3.07. The average molecular weight is 1350 g/mol. The van der Waals surface area contributed by atoms with E-state index in [1.54, 1.807) is 14.2 Å². The molecule has 0 aliphatic heterocycles. The third-order valence-corrected chi connectivity index (χ3v) is 25.4. The van der Waals surface area contributed by atoms with Crippen molar-refractivity contribution >= 4 is 169 Å². The molecule has 0 heterocycles. The van der Waals surface area contributed by atoms with Gasteiger partial charge in [0.2, 0.25) is 0 Å². The first-order chi connectivity index (χ1) is 21.8. The molecule has 6 nitrogen and oxygen atoms in total. The van der Waals surface area contributed by atoms with Crippen molar-refractivity contribution in [1.82, 2.24) is 0 Å². The van der Waals surface area contributed by atoms with Crippen molar-refractivity contribution in [3.8, 4) is 0 Å². The van der Waals surface area contributed by atoms with Gasteiger partial charge in [-0.15, -0.1) is 23.2 Å². The predicted octanol–water partition coefficient (Wildman–Crippen LogP) is 10.9. The van der Waals surface area contributed by atoms with Crippen LogP contribution in [-0.4, -0.2) is 77.0 Å². The second-order valence-corrected chi connectivity index (χ2v) is 57.6. The van der Waals surface area contributed by atoms with Crippen LogP contribution in [0.25, 0.3) is 0 Å². The normalized spacial score (nSPS) is 12.1. The molecular weight excluding hydrogens is 1280 g/mol. The maximum Gasteiger partial charge on any atom is 0.0424 e. The van der Waals surface area contributed by atoms with Gasteiger partial charge in [0.1, 0.15) is 0 Å². The molecule has 0 radical (unpaired) electrons. The van der Waals surface area contributed by atoms with E-state index in [-0.39, 0.29) is 60.6 Å². The smallest absolute Gasteiger partial charge is 0.0424 e. The molecular formula is C28H71Cl2I4O6P4S2Si3-3. The molecule has 3 atom stereocenters. The Bertz CT molecular complexity index is 650. The fourth-order valence-corrected chi connectivity index (χ4v) is 12.3. The zero-order valence-corrected chi connectivity index (χ0v) is 51.6. The van der Waals surface area contributed by atoms with Crippen LogP contribution in [-0.2, 0) is 40.1 Å². The van der Waals surface area contributed by atoms with E-state index >= 15 is 0 Å². The van der Waals surface area contributed by atoms with Gasteiger partial charge in [-0.05, 0) is 150 Å². The summed E-state index contributed by atoms with van der Waals surface area (Å²) in [6.07, 6.45) is 5.41. The first kappa shape index (κ1) is 67.1. The third-order valence-electron chi connectivity index (χ3n) is 5.45. The molecule has 0 saturated heterocycles. The Morgan fingerprint density at radius 2 is 0.918 bits per heavy atom. The fourth-order valence-electron chi connectivity index (χ4n) is 3.85. The Morgan fingerprint density at radius 3 is 1.08 bits per heavy atom. The largest absolute Gasteiger partial charge is 2.00 e. The minimum Gasteiger partial charge on any atom is -2.00 e. The van der Waals surface area contributed by atoms with E-state index in [0.717, 1.165) is 31.0 Å². The molecule has 0 aliphatic rings. The summed E-state index contributed by atoms with van der Waals surface area (Å²) in [5, 5.41) is 0. The number of thiol groups is 1. The number of hydrogen-bond acceptors (Lipinski definition) is 7. The van der Waals surface area contributed by atoms with Crippen molar-refractivity contribution in [2.75, 3.05) is 26.0 Å². The number of rotatable bonds is 20. The van der Waals surface area contributed by atoms with Gasteiger partial charge in [0.25, 0.3) is 0 Å². The zero-order valence-electron chi connectivity index (χ0n) is 32.4. The quantitative estimate of drug-likeness (QED) is 0.0431. The van der Waals surface area contributed by atoms with Gasteiger partial charge >= 0.3 is 97.3 Å². The van der Waals surface area contributed by atoms with Crippen LogP contribution in [0.5, 0.6) is 0 Å². The molecule has 0 saturated carbocycles. The summed E-state index contributed by atoms with van der Waals surface area (Å²) in [5.74, 6) is 1.38. The zero-order chi connectivity index (χ0) is 39.2. The molecule has 0 N–H and O–H groups in total. The molecule has 0 aromatic heterocycles. The Balaban J connectivity index is -0.000000124. The molecule has 0 amide bonds. The molecule has 0 bridgehead atoms. The number of alkyl halides is 4. The van der Waals surface area contributed by atoms with Gasteiger partial charge < -0.3 is 40.1 Å². The Morgan fingerprint density at radius 1 is 0.694 bits per heavy atom. The van der Waals surface area contributed by atoms with Crippen molar-refractivity contribution < 1.29 is 46.4 Å². The van der Waals surface area contributed by atoms with Gasteiger partial charge in [-0.3, -0.25) is 0 Å². The van der Waals surface area contributed by atoms with Crippen LogP contribution in [0.4, 0.5) is 0 Å². The fraction of sp³-hybridized carbons (Fsp3) is 1.00. The van der Waals surface area contributed by atoms with E-state index in [1.165, 1.54) is 12.8 Å². The van der Waals surface area contributed by atoms with E-state index in [2.05, 4.69) is 179 Å². The summed E-state index contributed by atoms with van der Waals surface area (Å²) < 4.78 is 34.8. The van der Waals surface area contributed by atoms with Gasteiger partial charge in [-0.1, -0.05) is 28.7 Å². The monoisotopic (exact) mass is 1350 g/mol. The molecule has 0 spiro atoms. The van der Waals surface area contributed by atoms with Gasteiger partial charge in [0, 0.05) is 53.3 Å². The molecule has 21 heteroatoms. The second kappa shape index (κ2) is 41.1. The summed E-state index contributed by atoms with van der Waals surface area (Å²) in [6.45, 7) is 25.1. The van der Waals surface area contributed by atoms with Crippen molar-refractivity contribution in [3.63, 3.8) is 0 Å². The van der Waals surface area contributed by atoms with Crippen LogP contribution >= 0.6 is 130 Å². The van der Waals surface area contributed by atoms with Gasteiger partial charge in [0.15, 0.2) is 0 Å². The summed E-state index contributed by atoms with van der Waals surface area (Å²) in [5.41, 5.74) is 0. The maximum atomic E-state index is 5.97. The molecule has 0 rings (SSSR count). The van der Waals surface area contributed by atoms with Crippen LogP contribution in [0.15, 0.2) is 0 Å². The summed E-state index contributed by atoms with van der Waals surface area (Å²) in [7, 11) is 10.0. The standard InChI is InChI=1S/C11H26O2Si.C10H23ClO2Si.C6H15ClO2Si.CH5I2P2S.H2I2P2.S/c1-7-8-9-14(6,12-10(2)3)13-11(4)5;1-9(2)12-14(5,8-6-7-11)13-10(3)4;1-8-10(3,9-2)6-4-5-7;2-1(4,5)3-6;1-4(2)3;/h10-11H,7-9H2,1-6H3;9-10H,6-8H2,1-5H3;4-6H2,1-3H3;6H,4-5H2;3H2;/q;;;-1;;-2. The van der Waals surface area contributed by atoms with Crippen molar-refractivity contribution in [3.05, 3.63) is 0 Å². The minimum absolute atomic E-state index is 0. The maximum absolute atomic E-state index is 5.97. The van der Waals surface area contributed by atoms with Crippen LogP contribution in [0, 0.1) is 0 Å². The molecule has 0 aliphatic carbocycles. The summed E-state index contributed by atoms with van der Waals surface area (Å²) in [4.78, 5) is 0. The Labute approximate surface area is 387 Å². The van der Waals surface area contributed by atoms with Crippen molar-refractivity contribution in [2.24, 2.45) is 0 Å². The predicted molar refractivity (Wildman–Crippen MR) is 271 cm³/mol. The van der Waals surface area contributed by atoms with Crippen molar-refractivity contribution in [2.45, 2.75) is 151 Å². The average Bonchev–Trinajstić information content (AvgIpc) is 2.92. The summed E-state index contributed by atoms with van der Waals surface area (Å²) >= 11 is 18.4. The first-order valence-electron chi connectivity index (χ1n) is 16.1. The van der Waals surface area contributed by atoms with E-state index < -0.39 is 25.7 Å². The molecule has 0 fully saturated rings. The molecule has 49 heavy (non-hydrogen) atoms. The number of hydrogen-bond donors (Lipinski definition) is 1. The second-order valence-electron chi connectivity index (χ2n) is 12.2. The van der Waals surface area contributed by atoms with E-state index in [0.29, 0.717) is 12.7 Å². The first-order valence-corrected chi connectivity index (χ1v) is 39.8. The molecule has 0 aromatic carbocycles. The van der Waals surface area contributed by atoms with Crippen LogP contribution in [0.2, 0.25) is 37.8 Å². The van der Waals surface area contributed by atoms with Crippen LogP contribution in [0.1, 0.15) is 88.0 Å². The van der Waals surface area contributed by atoms with Gasteiger partial charge in [-0.25, -0.2) is 0 Å². The molecule has 308 valence electrons. The van der Waals surface area contributed by atoms with Gasteiger partial charge in [-0.2, -0.15) is 0 Å². The number of unbranched alkanes of at least 4 members (excludes halogenated alkanes) is 1. The molecule has 0 aromatic rings. The number of halogens is 6. The SMILES string of the molecule is CC(C)O[Si](C)(CCCCl)OC(C)C.CCCC[Si](C)(OC(C)C)OC(C)C.CO[Si](C)(CCCCl)OC.PC(P)(I)[I-]S.PP(I)I.[S-2]. The molecule has 3 unspecified atom stereocenters. The van der Waals surface area contributed by atoms with E-state index in [1.807, 2.05) is 6.55 Å².